The summed E-state index contributed by atoms with van der Waals surface area (Å²) < 4.78 is 12.2. The average Bonchev–Trinajstić information content (AvgIpc) is 2.62. The van der Waals surface area contributed by atoms with Crippen molar-refractivity contribution in [3.63, 3.8) is 0 Å². The second-order valence-electron chi connectivity index (χ2n) is 7.48. The third kappa shape index (κ3) is 9.05. The van der Waals surface area contributed by atoms with Crippen LogP contribution < -0.4 is 0 Å². The highest BCUT2D eigenvalue weighted by Gasteiger charge is 2.31. The van der Waals surface area contributed by atoms with Crippen LogP contribution in [0, 0.1) is 0 Å². The maximum Gasteiger partial charge on any atom is 0.302 e. The van der Waals surface area contributed by atoms with Gasteiger partial charge >= 0.3 is 5.97 Å². The fourth-order valence-corrected chi connectivity index (χ4v) is 6.63. The molecule has 0 amide bonds. The number of esters is 1. The average molecular weight is 369 g/mol. The van der Waals surface area contributed by atoms with E-state index in [2.05, 4.69) is 32.9 Å². The van der Waals surface area contributed by atoms with E-state index in [0.717, 1.165) is 25.7 Å². The highest BCUT2D eigenvalue weighted by atomic mass is 28.4. The van der Waals surface area contributed by atoms with Gasteiger partial charge in [0.2, 0.25) is 0 Å². The topological polar surface area (TPSA) is 35.5 Å². The molecule has 0 aliphatic heterocycles. The quantitative estimate of drug-likeness (QED) is 0.309. The molecule has 0 bridgehead atoms. The third-order valence-electron chi connectivity index (χ3n) is 5.69. The molecule has 2 atom stereocenters. The highest BCUT2D eigenvalue weighted by molar-refractivity contribution is 6.73. The van der Waals surface area contributed by atoms with Crippen LogP contribution in [0.4, 0.5) is 0 Å². The van der Waals surface area contributed by atoms with E-state index < -0.39 is 8.32 Å². The van der Waals surface area contributed by atoms with E-state index in [0.29, 0.717) is 0 Å². The lowest BCUT2D eigenvalue weighted by molar-refractivity contribution is -0.146. The van der Waals surface area contributed by atoms with Gasteiger partial charge in [-0.2, -0.15) is 0 Å². The Morgan fingerprint density at radius 2 is 1.56 bits per heavy atom. The molecule has 1 aliphatic rings. The standard InChI is InChI=1S/C21H40O3Si/c1-5-25(6-2,7-3)24-21-17-12-10-8-9-11-15-20(23-19(4)22)16-13-14-18-21/h14,18,20-21H,5-13,15-17H2,1-4H3. The zero-order chi connectivity index (χ0) is 18.5. The van der Waals surface area contributed by atoms with Gasteiger partial charge in [0, 0.05) is 6.92 Å². The second-order valence-corrected chi connectivity index (χ2v) is 12.2. The summed E-state index contributed by atoms with van der Waals surface area (Å²) in [5, 5.41) is 0. The van der Waals surface area contributed by atoms with Crippen molar-refractivity contribution in [3.05, 3.63) is 12.2 Å². The van der Waals surface area contributed by atoms with E-state index in [-0.39, 0.29) is 18.2 Å². The van der Waals surface area contributed by atoms with Crippen LogP contribution in [-0.2, 0) is 14.0 Å². The maximum atomic E-state index is 11.3. The maximum absolute atomic E-state index is 11.3. The summed E-state index contributed by atoms with van der Waals surface area (Å²) in [6.07, 6.45) is 15.2. The lowest BCUT2D eigenvalue weighted by Gasteiger charge is -2.32. The van der Waals surface area contributed by atoms with E-state index in [1.165, 1.54) is 57.2 Å². The third-order valence-corrected chi connectivity index (χ3v) is 10.4. The molecular formula is C21H40O3Si. The number of ether oxygens (including phenoxy) is 1. The number of hydrogen-bond acceptors (Lipinski definition) is 3. The Hall–Kier alpha value is -0.613. The zero-order valence-electron chi connectivity index (χ0n) is 17.0. The summed E-state index contributed by atoms with van der Waals surface area (Å²) in [6.45, 7) is 8.41. The van der Waals surface area contributed by atoms with Gasteiger partial charge in [0.15, 0.2) is 8.32 Å². The summed E-state index contributed by atoms with van der Waals surface area (Å²) in [6, 6.07) is 3.62. The normalized spacial score (nSPS) is 24.0. The largest absolute Gasteiger partial charge is 0.463 e. The van der Waals surface area contributed by atoms with E-state index in [1.54, 1.807) is 0 Å². The molecule has 2 unspecified atom stereocenters. The van der Waals surface area contributed by atoms with Crippen LogP contribution in [0.5, 0.6) is 0 Å². The molecule has 0 saturated carbocycles. The molecule has 4 heteroatoms. The van der Waals surface area contributed by atoms with Crippen LogP contribution in [0.2, 0.25) is 18.1 Å². The fourth-order valence-electron chi connectivity index (χ4n) is 3.79. The van der Waals surface area contributed by atoms with E-state index >= 15 is 0 Å². The summed E-state index contributed by atoms with van der Waals surface area (Å²) in [5.74, 6) is -0.149. The molecule has 0 radical (unpaired) electrons. The van der Waals surface area contributed by atoms with E-state index in [4.69, 9.17) is 9.16 Å². The first-order valence-corrected chi connectivity index (χ1v) is 13.1. The van der Waals surface area contributed by atoms with Gasteiger partial charge in [0.05, 0.1) is 6.10 Å². The predicted octanol–water partition coefficient (Wildman–Crippen LogP) is 6.39. The molecule has 1 rings (SSSR count). The minimum absolute atomic E-state index is 0.0812. The van der Waals surface area contributed by atoms with Gasteiger partial charge in [-0.05, 0) is 50.2 Å². The first-order chi connectivity index (χ1) is 12.0. The van der Waals surface area contributed by atoms with Crippen LogP contribution in [0.15, 0.2) is 12.2 Å². The molecule has 0 aromatic heterocycles. The van der Waals surface area contributed by atoms with Crippen molar-refractivity contribution in [2.75, 3.05) is 0 Å². The van der Waals surface area contributed by atoms with Crippen molar-refractivity contribution in [2.24, 2.45) is 0 Å². The molecule has 0 fully saturated rings. The van der Waals surface area contributed by atoms with Crippen molar-refractivity contribution in [1.29, 1.82) is 0 Å². The van der Waals surface area contributed by atoms with Gasteiger partial charge in [0.25, 0.3) is 0 Å². The molecule has 0 N–H and O–H groups in total. The van der Waals surface area contributed by atoms with Crippen LogP contribution in [0.1, 0.15) is 85.5 Å². The Labute approximate surface area is 156 Å². The van der Waals surface area contributed by atoms with Gasteiger partial charge in [-0.1, -0.05) is 58.6 Å². The number of hydrogen-bond donors (Lipinski definition) is 0. The van der Waals surface area contributed by atoms with Gasteiger partial charge in [-0.15, -0.1) is 0 Å². The van der Waals surface area contributed by atoms with Crippen LogP contribution in [0.25, 0.3) is 0 Å². The van der Waals surface area contributed by atoms with Crippen molar-refractivity contribution < 1.29 is 14.0 Å². The van der Waals surface area contributed by atoms with Crippen molar-refractivity contribution >= 4 is 14.3 Å². The monoisotopic (exact) mass is 368 g/mol. The molecule has 0 saturated heterocycles. The van der Waals surface area contributed by atoms with Crippen molar-refractivity contribution in [3.8, 4) is 0 Å². The van der Waals surface area contributed by atoms with Crippen LogP contribution in [-0.4, -0.2) is 26.5 Å². The van der Waals surface area contributed by atoms with Crippen molar-refractivity contribution in [1.82, 2.24) is 0 Å². The number of carbonyl (C=O) groups excluding carboxylic acids is 1. The summed E-state index contributed by atoms with van der Waals surface area (Å²) >= 11 is 0. The first kappa shape index (κ1) is 22.4. The summed E-state index contributed by atoms with van der Waals surface area (Å²) in [5.41, 5.74) is 0. The molecule has 0 heterocycles. The smallest absolute Gasteiger partial charge is 0.302 e. The molecule has 25 heavy (non-hydrogen) atoms. The van der Waals surface area contributed by atoms with Gasteiger partial charge in [-0.3, -0.25) is 4.79 Å². The van der Waals surface area contributed by atoms with Gasteiger partial charge in [0.1, 0.15) is 6.10 Å². The van der Waals surface area contributed by atoms with Gasteiger partial charge in [-0.25, -0.2) is 0 Å². The van der Waals surface area contributed by atoms with E-state index in [9.17, 15) is 4.79 Å². The number of rotatable bonds is 6. The fraction of sp³-hybridized carbons (Fsp3) is 0.857. The Morgan fingerprint density at radius 3 is 2.16 bits per heavy atom. The SMILES string of the molecule is CC[Si](CC)(CC)OC1C=CCCC(OC(C)=O)CCCCCCC1. The first-order valence-electron chi connectivity index (χ1n) is 10.6. The Bertz CT molecular complexity index is 382. The molecule has 3 nitrogen and oxygen atoms in total. The lowest BCUT2D eigenvalue weighted by Crippen LogP contribution is -2.39. The predicted molar refractivity (Wildman–Crippen MR) is 108 cm³/mol. The van der Waals surface area contributed by atoms with Gasteiger partial charge < -0.3 is 9.16 Å². The molecule has 146 valence electrons. The second kappa shape index (κ2) is 12.7. The van der Waals surface area contributed by atoms with Crippen molar-refractivity contribution in [2.45, 2.75) is 116 Å². The molecule has 0 aromatic carbocycles. The minimum atomic E-state index is -1.56. The Balaban J connectivity index is 2.69. The Morgan fingerprint density at radius 1 is 0.960 bits per heavy atom. The summed E-state index contributed by atoms with van der Waals surface area (Å²) in [4.78, 5) is 11.3. The van der Waals surface area contributed by atoms with Crippen LogP contribution in [0.3, 0.4) is 0 Å². The highest BCUT2D eigenvalue weighted by Crippen LogP contribution is 2.26. The number of carbonyl (C=O) groups is 1. The molecule has 1 aliphatic carbocycles. The Kier molecular flexibility index (Phi) is 11.4. The lowest BCUT2D eigenvalue weighted by atomic mass is 10.0. The van der Waals surface area contributed by atoms with Crippen LogP contribution >= 0.6 is 0 Å². The molecular weight excluding hydrogens is 328 g/mol. The summed E-state index contributed by atoms with van der Waals surface area (Å²) in [7, 11) is -1.56. The zero-order valence-corrected chi connectivity index (χ0v) is 18.0. The number of allylic oxidation sites excluding steroid dienone is 1. The van der Waals surface area contributed by atoms with E-state index in [1.807, 2.05) is 0 Å². The molecule has 0 spiro atoms. The minimum Gasteiger partial charge on any atom is -0.463 e. The molecule has 0 aromatic rings.